The van der Waals surface area contributed by atoms with Crippen molar-refractivity contribution < 1.29 is 14.7 Å². The van der Waals surface area contributed by atoms with Gasteiger partial charge in [0.1, 0.15) is 27.9 Å². The highest BCUT2D eigenvalue weighted by molar-refractivity contribution is 8.15. The van der Waals surface area contributed by atoms with E-state index in [0.717, 1.165) is 45.1 Å². The lowest BCUT2D eigenvalue weighted by molar-refractivity contribution is -0.144. The first kappa shape index (κ1) is 24.7. The molecule has 5 atom stereocenters. The predicted molar refractivity (Wildman–Crippen MR) is 152 cm³/mol. The van der Waals surface area contributed by atoms with Gasteiger partial charge >= 0.3 is 0 Å². The van der Waals surface area contributed by atoms with Crippen LogP contribution < -0.4 is 0 Å². The lowest BCUT2D eigenvalue weighted by atomic mass is 9.98. The molecular weight excluding hydrogens is 563 g/mol. The molecule has 38 heavy (non-hydrogen) atoms. The fourth-order valence-electron chi connectivity index (χ4n) is 6.05. The molecule has 1 saturated carbocycles. The number of thioether (sulfide) groups is 1. The van der Waals surface area contributed by atoms with Crippen LogP contribution in [0.2, 0.25) is 10.0 Å². The maximum Gasteiger partial charge on any atom is 0.249 e. The van der Waals surface area contributed by atoms with Gasteiger partial charge in [-0.25, -0.2) is 4.98 Å². The van der Waals surface area contributed by atoms with Crippen molar-refractivity contribution in [2.45, 2.75) is 43.3 Å². The number of piperidine rings is 1. The summed E-state index contributed by atoms with van der Waals surface area (Å²) in [6.07, 6.45) is 2.52. The Bertz CT molecular complexity index is 1510. The molecule has 3 aromatic rings. The van der Waals surface area contributed by atoms with Gasteiger partial charge in [0.05, 0.1) is 20.3 Å². The van der Waals surface area contributed by atoms with E-state index < -0.39 is 12.1 Å². The van der Waals surface area contributed by atoms with Crippen molar-refractivity contribution in [3.05, 3.63) is 57.0 Å². The second kappa shape index (κ2) is 9.40. The van der Waals surface area contributed by atoms with Crippen molar-refractivity contribution in [3.8, 4) is 5.75 Å². The van der Waals surface area contributed by atoms with Crippen LogP contribution >= 0.6 is 46.3 Å². The molecule has 2 saturated heterocycles. The molecule has 0 radical (unpaired) electrons. The topological polar surface area (TPSA) is 86.1 Å². The summed E-state index contributed by atoms with van der Waals surface area (Å²) >= 11 is 15.7. The highest BCUT2D eigenvalue weighted by Crippen LogP contribution is 2.49. The molecule has 3 aliphatic heterocycles. The van der Waals surface area contributed by atoms with Gasteiger partial charge in [-0.1, -0.05) is 35.3 Å². The van der Waals surface area contributed by atoms with Gasteiger partial charge in [0.25, 0.3) is 0 Å². The second-order valence-corrected chi connectivity index (χ2v) is 13.2. The number of thiazole rings is 1. The molecule has 2 aromatic carbocycles. The van der Waals surface area contributed by atoms with E-state index in [1.54, 1.807) is 24.3 Å². The van der Waals surface area contributed by atoms with Crippen LogP contribution in [0.4, 0.5) is 0 Å². The number of phenols is 1. The van der Waals surface area contributed by atoms with Crippen molar-refractivity contribution in [1.29, 1.82) is 0 Å². The minimum atomic E-state index is -0.512. The number of benzene rings is 2. The van der Waals surface area contributed by atoms with Crippen molar-refractivity contribution in [3.63, 3.8) is 0 Å². The number of likely N-dealkylation sites (tertiary alicyclic amines) is 2. The summed E-state index contributed by atoms with van der Waals surface area (Å²) in [5, 5.41) is 12.4. The summed E-state index contributed by atoms with van der Waals surface area (Å²) < 4.78 is 0.882. The SMILES string of the molecule is O=C([C@@H]1C[C@@H]2C[C@@H]2N1C(=O)[C@@H]1CSC(c2nc3ccc(O)cc3s2)=N1)N1CCC(c2cccc(Cl)c2Cl)C1. The molecule has 1 aromatic heterocycles. The molecule has 7 rings (SSSR count). The Morgan fingerprint density at radius 2 is 1.97 bits per heavy atom. The van der Waals surface area contributed by atoms with Crippen molar-refractivity contribution in [2.75, 3.05) is 18.8 Å². The number of aliphatic imine (C=N–C) groups is 1. The van der Waals surface area contributed by atoms with Crippen LogP contribution in [-0.2, 0) is 9.59 Å². The Labute approximate surface area is 237 Å². The highest BCUT2D eigenvalue weighted by atomic mass is 35.5. The molecule has 4 aliphatic rings. The maximum atomic E-state index is 13.7. The fourth-order valence-corrected chi connectivity index (χ4v) is 8.61. The number of carbonyl (C=O) groups excluding carboxylic acids is 2. The van der Waals surface area contributed by atoms with Gasteiger partial charge in [-0.05, 0) is 55.0 Å². The molecular formula is C27H24Cl2N4O3S2. The number of halogens is 2. The van der Waals surface area contributed by atoms with Crippen LogP contribution in [0.3, 0.4) is 0 Å². The summed E-state index contributed by atoms with van der Waals surface area (Å²) in [7, 11) is 0. The third kappa shape index (κ3) is 4.18. The maximum absolute atomic E-state index is 13.7. The summed E-state index contributed by atoms with van der Waals surface area (Å²) in [4.78, 5) is 40.6. The normalized spacial score (nSPS) is 28.2. The Balaban J connectivity index is 1.07. The quantitative estimate of drug-likeness (QED) is 0.455. The first-order chi connectivity index (χ1) is 18.4. The number of rotatable bonds is 4. The Hall–Kier alpha value is -2.33. The molecule has 11 heteroatoms. The number of phenolic OH excluding ortho intramolecular Hbond substituents is 1. The number of fused-ring (bicyclic) bond motifs is 2. The second-order valence-electron chi connectivity index (χ2n) is 10.4. The number of nitrogens with zero attached hydrogens (tertiary/aromatic N) is 4. The third-order valence-corrected chi connectivity index (χ3v) is 11.1. The van der Waals surface area contributed by atoms with Crippen LogP contribution in [0.25, 0.3) is 10.2 Å². The zero-order valence-electron chi connectivity index (χ0n) is 20.2. The molecule has 3 fully saturated rings. The van der Waals surface area contributed by atoms with Crippen LogP contribution in [0, 0.1) is 5.92 Å². The molecule has 1 unspecified atom stereocenters. The molecule has 0 bridgehead atoms. The van der Waals surface area contributed by atoms with E-state index in [1.807, 2.05) is 21.9 Å². The lowest BCUT2D eigenvalue weighted by Crippen LogP contribution is -2.51. The number of amides is 2. The standard InChI is InChI=1S/C27H24Cl2N4O3S2/c28-17-3-1-2-16(23(17)29)13-6-7-32(11-13)27(36)21-9-14-8-20(14)33(21)26(35)19-12-37-24(31-19)25-30-18-5-4-15(34)10-22(18)38-25/h1-5,10,13-14,19-21,34H,6-9,11-12H2/t13?,14-,19-,20-,21-/m0/s1. The van der Waals surface area contributed by atoms with Crippen molar-refractivity contribution >= 4 is 73.4 Å². The van der Waals surface area contributed by atoms with E-state index in [0.29, 0.717) is 34.8 Å². The van der Waals surface area contributed by atoms with Crippen molar-refractivity contribution in [1.82, 2.24) is 14.8 Å². The third-order valence-electron chi connectivity index (χ3n) is 8.06. The van der Waals surface area contributed by atoms with E-state index in [-0.39, 0.29) is 29.5 Å². The van der Waals surface area contributed by atoms with Gasteiger partial charge in [-0.3, -0.25) is 14.6 Å². The summed E-state index contributed by atoms with van der Waals surface area (Å²) in [5.41, 5.74) is 1.78. The predicted octanol–water partition coefficient (Wildman–Crippen LogP) is 5.18. The summed E-state index contributed by atoms with van der Waals surface area (Å²) in [6, 6.07) is 9.95. The van der Waals surface area contributed by atoms with Crippen LogP contribution in [0.1, 0.15) is 35.8 Å². The average molecular weight is 588 g/mol. The highest BCUT2D eigenvalue weighted by Gasteiger charge is 2.58. The minimum Gasteiger partial charge on any atom is -0.508 e. The molecule has 4 heterocycles. The fraction of sp³-hybridized carbons (Fsp3) is 0.407. The van der Waals surface area contributed by atoms with Crippen molar-refractivity contribution in [2.24, 2.45) is 10.9 Å². The van der Waals surface area contributed by atoms with Gasteiger partial charge in [-0.2, -0.15) is 0 Å². The number of aromatic nitrogens is 1. The lowest BCUT2D eigenvalue weighted by Gasteiger charge is -2.31. The molecule has 196 valence electrons. The summed E-state index contributed by atoms with van der Waals surface area (Å²) in [5.74, 6) is 1.27. The minimum absolute atomic E-state index is 0.0343. The zero-order chi connectivity index (χ0) is 26.1. The first-order valence-corrected chi connectivity index (χ1v) is 15.3. The largest absolute Gasteiger partial charge is 0.508 e. The number of carbonyl (C=O) groups is 2. The van der Waals surface area contributed by atoms with Crippen LogP contribution in [-0.4, -0.2) is 73.7 Å². The van der Waals surface area contributed by atoms with Gasteiger partial charge in [0.15, 0.2) is 0 Å². The van der Waals surface area contributed by atoms with E-state index in [1.165, 1.54) is 23.1 Å². The van der Waals surface area contributed by atoms with E-state index >= 15 is 0 Å². The van der Waals surface area contributed by atoms with Gasteiger partial charge in [-0.15, -0.1) is 23.1 Å². The van der Waals surface area contributed by atoms with E-state index in [4.69, 9.17) is 28.2 Å². The van der Waals surface area contributed by atoms with Gasteiger partial charge < -0.3 is 14.9 Å². The molecule has 1 aliphatic carbocycles. The zero-order valence-corrected chi connectivity index (χ0v) is 23.4. The summed E-state index contributed by atoms with van der Waals surface area (Å²) in [6.45, 7) is 1.23. The molecule has 2 amide bonds. The van der Waals surface area contributed by atoms with E-state index in [9.17, 15) is 14.7 Å². The average Bonchev–Trinajstić information content (AvgIpc) is 3.42. The smallest absolute Gasteiger partial charge is 0.249 e. The van der Waals surface area contributed by atoms with Crippen LogP contribution in [0.15, 0.2) is 41.4 Å². The van der Waals surface area contributed by atoms with E-state index in [2.05, 4.69) is 4.98 Å². The Morgan fingerprint density at radius 3 is 2.84 bits per heavy atom. The molecule has 0 spiro atoms. The monoisotopic (exact) mass is 586 g/mol. The number of hydrogen-bond donors (Lipinski definition) is 1. The Morgan fingerprint density at radius 1 is 1.11 bits per heavy atom. The molecule has 7 nitrogen and oxygen atoms in total. The number of aromatic hydroxyl groups is 1. The molecule has 1 N–H and O–H groups in total. The van der Waals surface area contributed by atoms with Gasteiger partial charge in [0, 0.05) is 30.8 Å². The van der Waals surface area contributed by atoms with Crippen LogP contribution in [0.5, 0.6) is 5.75 Å². The van der Waals surface area contributed by atoms with Gasteiger partial charge in [0.2, 0.25) is 11.8 Å². The Kier molecular flexibility index (Phi) is 6.11. The number of hydrogen-bond acceptors (Lipinski definition) is 7. The first-order valence-electron chi connectivity index (χ1n) is 12.7.